The molecule has 3 N–H and O–H groups in total. The van der Waals surface area contributed by atoms with E-state index in [1.165, 1.54) is 27.8 Å². The zero-order valence-electron chi connectivity index (χ0n) is 25.0. The highest BCUT2D eigenvalue weighted by Gasteiger charge is 2.29. The van der Waals surface area contributed by atoms with Gasteiger partial charge < -0.3 is 15.8 Å². The highest BCUT2D eigenvalue weighted by molar-refractivity contribution is 5.87. The lowest BCUT2D eigenvalue weighted by Crippen LogP contribution is -2.47. The van der Waals surface area contributed by atoms with Gasteiger partial charge in [-0.1, -0.05) is 50.2 Å². The van der Waals surface area contributed by atoms with Crippen molar-refractivity contribution in [2.24, 2.45) is 17.6 Å². The van der Waals surface area contributed by atoms with Gasteiger partial charge >= 0.3 is 5.97 Å². The molecule has 1 aliphatic carbocycles. The predicted molar refractivity (Wildman–Crippen MR) is 162 cm³/mol. The van der Waals surface area contributed by atoms with E-state index in [0.717, 1.165) is 56.6 Å². The van der Waals surface area contributed by atoms with Crippen LogP contribution in [0.5, 0.6) is 0 Å². The summed E-state index contributed by atoms with van der Waals surface area (Å²) < 4.78 is 6.05. The van der Waals surface area contributed by atoms with E-state index in [1.807, 2.05) is 13.8 Å². The van der Waals surface area contributed by atoms with Crippen molar-refractivity contribution in [3.05, 3.63) is 75.9 Å². The number of ether oxygens (including phenoxy) is 1. The Morgan fingerprint density at radius 2 is 1.71 bits per heavy atom. The molecule has 0 aromatic heterocycles. The van der Waals surface area contributed by atoms with Crippen molar-refractivity contribution >= 4 is 23.5 Å². The molecule has 1 saturated heterocycles. The molecule has 2 aromatic carbocycles. The van der Waals surface area contributed by atoms with E-state index >= 15 is 0 Å². The number of nitrogens with zero attached hydrogens (tertiary/aromatic N) is 1. The third-order valence-corrected chi connectivity index (χ3v) is 8.47. The smallest absolute Gasteiger partial charge is 0.311 e. The fourth-order valence-electron chi connectivity index (χ4n) is 5.94. The molecule has 1 fully saturated rings. The lowest BCUT2D eigenvalue weighted by molar-refractivity contribution is -0.137. The molecule has 7 nitrogen and oxygen atoms in total. The highest BCUT2D eigenvalue weighted by atomic mass is 16.5. The number of primary amides is 1. The van der Waals surface area contributed by atoms with Crippen molar-refractivity contribution in [3.8, 4) is 0 Å². The number of allylic oxidation sites excluding steroid dienone is 1. The molecule has 0 radical (unpaired) electrons. The first-order chi connectivity index (χ1) is 19.6. The summed E-state index contributed by atoms with van der Waals surface area (Å²) in [6.07, 6.45) is 4.61. The molecule has 0 bridgehead atoms. The molecule has 2 aromatic rings. The first-order valence-corrected chi connectivity index (χ1v) is 15.0. The number of carbonyl (C=O) groups excluding carboxylic acids is 3. The van der Waals surface area contributed by atoms with Crippen LogP contribution in [0.15, 0.2) is 48.0 Å². The number of esters is 1. The largest absolute Gasteiger partial charge is 0.426 e. The lowest BCUT2D eigenvalue weighted by Gasteiger charge is -2.32. The van der Waals surface area contributed by atoms with Gasteiger partial charge in [-0.05, 0) is 105 Å². The molecule has 41 heavy (non-hydrogen) atoms. The molecule has 4 rings (SSSR count). The van der Waals surface area contributed by atoms with E-state index in [-0.39, 0.29) is 30.6 Å². The number of likely N-dealkylation sites (tertiary alicyclic amines) is 1. The van der Waals surface area contributed by atoms with Gasteiger partial charge in [-0.25, -0.2) is 0 Å². The lowest BCUT2D eigenvalue weighted by atomic mass is 9.89. The third kappa shape index (κ3) is 8.29. The molecule has 2 amide bonds. The Bertz CT molecular complexity index is 1280. The number of piperidine rings is 1. The monoisotopic (exact) mass is 559 g/mol. The van der Waals surface area contributed by atoms with Crippen molar-refractivity contribution in [2.45, 2.75) is 85.2 Å². The molecular formula is C34H45N3O4. The third-order valence-electron chi connectivity index (χ3n) is 8.47. The van der Waals surface area contributed by atoms with Crippen molar-refractivity contribution in [2.75, 3.05) is 13.1 Å². The van der Waals surface area contributed by atoms with Gasteiger partial charge in [0.25, 0.3) is 0 Å². The van der Waals surface area contributed by atoms with Crippen LogP contribution in [0.25, 0.3) is 5.76 Å². The number of carbonyl (C=O) groups is 3. The van der Waals surface area contributed by atoms with Crippen LogP contribution in [0.2, 0.25) is 0 Å². The Kier molecular flexibility index (Phi) is 10.4. The fraction of sp³-hybridized carbons (Fsp3) is 0.500. The van der Waals surface area contributed by atoms with Crippen molar-refractivity contribution in [3.63, 3.8) is 0 Å². The van der Waals surface area contributed by atoms with E-state index in [9.17, 15) is 14.4 Å². The number of nitrogens with two attached hydrogens (primary N) is 1. The maximum Gasteiger partial charge on any atom is 0.311 e. The van der Waals surface area contributed by atoms with Gasteiger partial charge in [0.2, 0.25) is 11.8 Å². The summed E-state index contributed by atoms with van der Waals surface area (Å²) >= 11 is 0. The molecule has 0 saturated carbocycles. The summed E-state index contributed by atoms with van der Waals surface area (Å²) in [5.74, 6) is 0.00960. The summed E-state index contributed by atoms with van der Waals surface area (Å²) in [6, 6.07) is 14.3. The van der Waals surface area contributed by atoms with Crippen LogP contribution in [0.1, 0.15) is 80.2 Å². The van der Waals surface area contributed by atoms with E-state index in [0.29, 0.717) is 12.3 Å². The average molecular weight is 560 g/mol. The number of fused-ring (bicyclic) bond motifs is 1. The maximum atomic E-state index is 13.0. The minimum absolute atomic E-state index is 0.0996. The number of hydrogen-bond donors (Lipinski definition) is 2. The Morgan fingerprint density at radius 3 is 2.37 bits per heavy atom. The molecule has 0 spiro atoms. The second-order valence-electron chi connectivity index (χ2n) is 12.1. The summed E-state index contributed by atoms with van der Waals surface area (Å²) in [7, 11) is 0. The minimum Gasteiger partial charge on any atom is -0.426 e. The first kappa shape index (κ1) is 30.5. The molecule has 220 valence electrons. The number of nitrogens with one attached hydrogen (secondary N) is 1. The second-order valence-corrected chi connectivity index (χ2v) is 12.1. The quantitative estimate of drug-likeness (QED) is 0.348. The van der Waals surface area contributed by atoms with Gasteiger partial charge in [0.15, 0.2) is 0 Å². The topological polar surface area (TPSA) is 102 Å². The van der Waals surface area contributed by atoms with Crippen LogP contribution in [0.3, 0.4) is 0 Å². The Balaban J connectivity index is 1.36. The average Bonchev–Trinajstić information content (AvgIpc) is 3.24. The standard InChI is InChI=1S/C34H45N3O4/c1-22(2)32(34(35)40)36-30(38)11-8-12-31(39)41-33-28(20-27-17-23(3)24(4)18-29(27)33)19-25-13-15-37(16-14-25)21-26-9-6-5-7-10-26/h5-7,9-10,17-18,22,25,32H,8,11-16,19-21H2,1-4H3,(H2,35,40)(H,36,38)/t32-/m0/s1. The van der Waals surface area contributed by atoms with Crippen molar-refractivity contribution in [1.29, 1.82) is 0 Å². The van der Waals surface area contributed by atoms with Gasteiger partial charge in [0.05, 0.1) is 0 Å². The van der Waals surface area contributed by atoms with Gasteiger partial charge in [0, 0.05) is 24.9 Å². The van der Waals surface area contributed by atoms with Gasteiger partial charge in [-0.2, -0.15) is 0 Å². The normalized spacial score (nSPS) is 16.5. The summed E-state index contributed by atoms with van der Waals surface area (Å²) in [4.78, 5) is 39.4. The zero-order valence-corrected chi connectivity index (χ0v) is 25.0. The van der Waals surface area contributed by atoms with E-state index < -0.39 is 11.9 Å². The Labute approximate surface area is 244 Å². The molecule has 1 heterocycles. The van der Waals surface area contributed by atoms with Crippen LogP contribution in [0, 0.1) is 25.7 Å². The van der Waals surface area contributed by atoms with Crippen molar-refractivity contribution in [1.82, 2.24) is 10.2 Å². The molecule has 7 heteroatoms. The van der Waals surface area contributed by atoms with E-state index in [1.54, 1.807) is 0 Å². The highest BCUT2D eigenvalue weighted by Crippen LogP contribution is 2.40. The number of aryl methyl sites for hydroxylation is 2. The SMILES string of the molecule is Cc1cc2c(cc1C)C(OC(=O)CCCC(=O)N[C@H](C(N)=O)C(C)C)=C(CC1CCN(Cc3ccccc3)CC1)C2. The van der Waals surface area contributed by atoms with E-state index in [2.05, 4.69) is 66.5 Å². The van der Waals surface area contributed by atoms with Gasteiger partial charge in [-0.3, -0.25) is 19.3 Å². The second kappa shape index (κ2) is 13.9. The molecule has 0 unspecified atom stereocenters. The summed E-state index contributed by atoms with van der Waals surface area (Å²) in [5.41, 5.74) is 12.6. The number of hydrogen-bond acceptors (Lipinski definition) is 5. The predicted octanol–water partition coefficient (Wildman–Crippen LogP) is 5.21. The molecular weight excluding hydrogens is 514 g/mol. The molecule has 1 aliphatic heterocycles. The Morgan fingerprint density at radius 1 is 1.02 bits per heavy atom. The van der Waals surface area contributed by atoms with Crippen LogP contribution >= 0.6 is 0 Å². The number of rotatable bonds is 12. The van der Waals surface area contributed by atoms with Gasteiger partial charge in [0.1, 0.15) is 11.8 Å². The van der Waals surface area contributed by atoms with Crippen LogP contribution in [-0.4, -0.2) is 41.8 Å². The zero-order chi connectivity index (χ0) is 29.5. The van der Waals surface area contributed by atoms with Crippen LogP contribution in [-0.2, 0) is 32.1 Å². The van der Waals surface area contributed by atoms with Gasteiger partial charge in [-0.15, -0.1) is 0 Å². The summed E-state index contributed by atoms with van der Waals surface area (Å²) in [6.45, 7) is 11.0. The molecule has 2 aliphatic rings. The van der Waals surface area contributed by atoms with Crippen LogP contribution < -0.4 is 11.1 Å². The molecule has 1 atom stereocenters. The van der Waals surface area contributed by atoms with E-state index in [4.69, 9.17) is 10.5 Å². The number of benzene rings is 2. The maximum absolute atomic E-state index is 13.0. The van der Waals surface area contributed by atoms with Crippen LogP contribution in [0.4, 0.5) is 0 Å². The first-order valence-electron chi connectivity index (χ1n) is 15.0. The Hall–Kier alpha value is -3.45. The van der Waals surface area contributed by atoms with Crippen molar-refractivity contribution < 1.29 is 19.1 Å². The minimum atomic E-state index is -0.714. The summed E-state index contributed by atoms with van der Waals surface area (Å²) in [5, 5.41) is 2.68. The fourth-order valence-corrected chi connectivity index (χ4v) is 5.94. The number of amides is 2.